The maximum atomic E-state index is 12.6. The van der Waals surface area contributed by atoms with Crippen molar-refractivity contribution >= 4 is 5.78 Å². The van der Waals surface area contributed by atoms with Gasteiger partial charge in [0.05, 0.1) is 0 Å². The van der Waals surface area contributed by atoms with Crippen LogP contribution in [0.5, 0.6) is 5.75 Å². The standard InChI is InChI=1S/C20H22O2/c1-11-6-14(4)17-10-18(21)20(22-19(17)7-11)16-8-12(2)15(5)13(3)9-16/h6-9,20H,10H2,1-5H3. The average molecular weight is 294 g/mol. The van der Waals surface area contributed by atoms with Crippen LogP contribution >= 0.6 is 0 Å². The van der Waals surface area contributed by atoms with Gasteiger partial charge in [-0.05, 0) is 68.5 Å². The lowest BCUT2D eigenvalue weighted by Gasteiger charge is -2.27. The summed E-state index contributed by atoms with van der Waals surface area (Å²) < 4.78 is 6.09. The second-order valence-electron chi connectivity index (χ2n) is 6.48. The monoisotopic (exact) mass is 294 g/mol. The molecular formula is C20H22O2. The Balaban J connectivity index is 2.05. The molecule has 114 valence electrons. The van der Waals surface area contributed by atoms with E-state index < -0.39 is 6.10 Å². The Bertz CT molecular complexity index is 749. The van der Waals surface area contributed by atoms with Gasteiger partial charge in [-0.3, -0.25) is 4.79 Å². The highest BCUT2D eigenvalue weighted by atomic mass is 16.5. The molecule has 2 aromatic carbocycles. The Hall–Kier alpha value is -2.09. The average Bonchev–Trinajstić information content (AvgIpc) is 2.44. The van der Waals surface area contributed by atoms with E-state index in [1.54, 1.807) is 0 Å². The fourth-order valence-corrected chi connectivity index (χ4v) is 3.22. The number of hydrogen-bond donors (Lipinski definition) is 0. The Kier molecular flexibility index (Phi) is 3.56. The molecule has 2 aromatic rings. The molecule has 0 aromatic heterocycles. The van der Waals surface area contributed by atoms with Crippen LogP contribution in [0.4, 0.5) is 0 Å². The molecule has 1 heterocycles. The van der Waals surface area contributed by atoms with Crippen LogP contribution in [0, 0.1) is 34.6 Å². The molecule has 0 radical (unpaired) electrons. The molecule has 22 heavy (non-hydrogen) atoms. The van der Waals surface area contributed by atoms with Gasteiger partial charge in [-0.1, -0.05) is 18.2 Å². The van der Waals surface area contributed by atoms with Gasteiger partial charge in [0.25, 0.3) is 0 Å². The third-order valence-electron chi connectivity index (χ3n) is 4.72. The number of Topliss-reactive ketones (excluding diaryl/α,β-unsaturated/α-hetero) is 1. The van der Waals surface area contributed by atoms with Gasteiger partial charge in [0.1, 0.15) is 5.75 Å². The molecule has 1 aliphatic heterocycles. The number of hydrogen-bond acceptors (Lipinski definition) is 2. The minimum absolute atomic E-state index is 0.141. The van der Waals surface area contributed by atoms with Crippen LogP contribution in [0.25, 0.3) is 0 Å². The molecule has 1 atom stereocenters. The van der Waals surface area contributed by atoms with Gasteiger partial charge in [-0.2, -0.15) is 0 Å². The van der Waals surface area contributed by atoms with Crippen molar-refractivity contribution in [3.63, 3.8) is 0 Å². The molecule has 1 aliphatic rings. The van der Waals surface area contributed by atoms with Crippen molar-refractivity contribution in [1.29, 1.82) is 0 Å². The second kappa shape index (κ2) is 5.28. The number of aryl methyl sites for hydroxylation is 4. The van der Waals surface area contributed by atoms with Gasteiger partial charge in [0.15, 0.2) is 11.9 Å². The third kappa shape index (κ3) is 2.43. The number of rotatable bonds is 1. The van der Waals surface area contributed by atoms with Crippen molar-refractivity contribution in [3.05, 3.63) is 63.2 Å². The third-order valence-corrected chi connectivity index (χ3v) is 4.72. The van der Waals surface area contributed by atoms with Gasteiger partial charge < -0.3 is 4.74 Å². The molecule has 0 saturated carbocycles. The summed E-state index contributed by atoms with van der Waals surface area (Å²) in [5.74, 6) is 1.00. The lowest BCUT2D eigenvalue weighted by atomic mass is 9.90. The summed E-state index contributed by atoms with van der Waals surface area (Å²) in [6.07, 6.45) is -0.0235. The Morgan fingerprint density at radius 2 is 1.55 bits per heavy atom. The summed E-state index contributed by atoms with van der Waals surface area (Å²) in [5, 5.41) is 0. The molecule has 2 heteroatoms. The minimum Gasteiger partial charge on any atom is -0.478 e. The molecule has 3 rings (SSSR count). The normalized spacial score (nSPS) is 17.1. The first-order valence-electron chi connectivity index (χ1n) is 7.74. The summed E-state index contributed by atoms with van der Waals surface area (Å²) in [7, 11) is 0. The fraction of sp³-hybridized carbons (Fsp3) is 0.350. The lowest BCUT2D eigenvalue weighted by molar-refractivity contribution is -0.126. The lowest BCUT2D eigenvalue weighted by Crippen LogP contribution is -2.26. The van der Waals surface area contributed by atoms with Gasteiger partial charge in [0, 0.05) is 17.5 Å². The molecule has 0 aliphatic carbocycles. The van der Waals surface area contributed by atoms with E-state index in [9.17, 15) is 4.79 Å². The summed E-state index contributed by atoms with van der Waals surface area (Å²) in [6, 6.07) is 8.31. The zero-order valence-corrected chi connectivity index (χ0v) is 13.9. The van der Waals surface area contributed by atoms with Gasteiger partial charge in [0.2, 0.25) is 0 Å². The highest BCUT2D eigenvalue weighted by Gasteiger charge is 2.30. The summed E-state index contributed by atoms with van der Waals surface area (Å²) in [6.45, 7) is 10.4. The molecule has 0 N–H and O–H groups in total. The van der Waals surface area contributed by atoms with Crippen LogP contribution in [-0.4, -0.2) is 5.78 Å². The van der Waals surface area contributed by atoms with Crippen LogP contribution < -0.4 is 4.74 Å². The van der Waals surface area contributed by atoms with Crippen LogP contribution in [0.15, 0.2) is 24.3 Å². The van der Waals surface area contributed by atoms with Crippen LogP contribution in [0.2, 0.25) is 0 Å². The number of fused-ring (bicyclic) bond motifs is 1. The quantitative estimate of drug-likeness (QED) is 0.775. The Labute approximate surface area is 132 Å². The van der Waals surface area contributed by atoms with Crippen LogP contribution in [-0.2, 0) is 11.2 Å². The second-order valence-corrected chi connectivity index (χ2v) is 6.48. The van der Waals surface area contributed by atoms with E-state index in [0.717, 1.165) is 22.4 Å². The van der Waals surface area contributed by atoms with E-state index in [-0.39, 0.29) is 5.78 Å². The largest absolute Gasteiger partial charge is 0.478 e. The Morgan fingerprint density at radius 1 is 0.909 bits per heavy atom. The predicted molar refractivity (Wildman–Crippen MR) is 88.6 cm³/mol. The van der Waals surface area contributed by atoms with Crippen molar-refractivity contribution in [3.8, 4) is 5.75 Å². The Morgan fingerprint density at radius 3 is 2.18 bits per heavy atom. The number of benzene rings is 2. The SMILES string of the molecule is Cc1cc(C)c2c(c1)OC(c1cc(C)c(C)c(C)c1)C(=O)C2. The highest BCUT2D eigenvalue weighted by Crippen LogP contribution is 2.36. The van der Waals surface area contributed by atoms with Crippen molar-refractivity contribution < 1.29 is 9.53 Å². The molecule has 0 amide bonds. The number of carbonyl (C=O) groups is 1. The molecule has 1 unspecified atom stereocenters. The molecule has 0 bridgehead atoms. The van der Waals surface area contributed by atoms with Gasteiger partial charge in [-0.25, -0.2) is 0 Å². The maximum Gasteiger partial charge on any atom is 0.182 e. The van der Waals surface area contributed by atoms with E-state index in [0.29, 0.717) is 6.42 Å². The number of ether oxygens (including phenoxy) is 1. The summed E-state index contributed by atoms with van der Waals surface area (Å²) in [4.78, 5) is 12.6. The number of ketones is 1. The highest BCUT2D eigenvalue weighted by molar-refractivity contribution is 5.89. The van der Waals surface area contributed by atoms with Crippen molar-refractivity contribution in [2.24, 2.45) is 0 Å². The van der Waals surface area contributed by atoms with Crippen molar-refractivity contribution in [1.82, 2.24) is 0 Å². The molecule has 2 nitrogen and oxygen atoms in total. The van der Waals surface area contributed by atoms with Gasteiger partial charge >= 0.3 is 0 Å². The smallest absolute Gasteiger partial charge is 0.182 e. The van der Waals surface area contributed by atoms with Crippen molar-refractivity contribution in [2.45, 2.75) is 47.1 Å². The fourth-order valence-electron chi connectivity index (χ4n) is 3.22. The minimum atomic E-state index is -0.480. The zero-order valence-electron chi connectivity index (χ0n) is 13.9. The van der Waals surface area contributed by atoms with E-state index in [4.69, 9.17) is 4.74 Å². The molecule has 0 spiro atoms. The summed E-state index contributed by atoms with van der Waals surface area (Å²) in [5.41, 5.74) is 8.00. The molecule has 0 fully saturated rings. The van der Waals surface area contributed by atoms with E-state index >= 15 is 0 Å². The first-order valence-corrected chi connectivity index (χ1v) is 7.74. The molecular weight excluding hydrogens is 272 g/mol. The zero-order chi connectivity index (χ0) is 16.0. The van der Waals surface area contributed by atoms with E-state index in [2.05, 4.69) is 45.9 Å². The molecule has 0 saturated heterocycles. The maximum absolute atomic E-state index is 12.6. The van der Waals surface area contributed by atoms with E-state index in [1.165, 1.54) is 22.3 Å². The van der Waals surface area contributed by atoms with Gasteiger partial charge in [-0.15, -0.1) is 0 Å². The first kappa shape index (κ1) is 14.8. The number of carbonyl (C=O) groups excluding carboxylic acids is 1. The first-order chi connectivity index (χ1) is 10.4. The van der Waals surface area contributed by atoms with Crippen LogP contribution in [0.3, 0.4) is 0 Å². The predicted octanol–water partition coefficient (Wildman–Crippen LogP) is 4.47. The topological polar surface area (TPSA) is 26.3 Å². The van der Waals surface area contributed by atoms with Crippen molar-refractivity contribution in [2.75, 3.05) is 0 Å². The summed E-state index contributed by atoms with van der Waals surface area (Å²) >= 11 is 0. The van der Waals surface area contributed by atoms with E-state index in [1.807, 2.05) is 13.0 Å². The van der Waals surface area contributed by atoms with Crippen LogP contribution in [0.1, 0.15) is 45.0 Å².